The van der Waals surface area contributed by atoms with Gasteiger partial charge >= 0.3 is 5.97 Å². The highest BCUT2D eigenvalue weighted by molar-refractivity contribution is 7.99. The number of aryl methyl sites for hydroxylation is 1. The van der Waals surface area contributed by atoms with Crippen LogP contribution in [0.4, 0.5) is 5.00 Å². The molecule has 1 amide bonds. The first kappa shape index (κ1) is 27.1. The molecule has 39 heavy (non-hydrogen) atoms. The molecule has 1 N–H and O–H groups in total. The van der Waals surface area contributed by atoms with Gasteiger partial charge in [-0.25, -0.2) is 9.78 Å². The number of amides is 1. The minimum atomic E-state index is -0.368. The zero-order valence-electron chi connectivity index (χ0n) is 21.9. The number of esters is 1. The fraction of sp³-hybridized carbons (Fsp3) is 0.333. The van der Waals surface area contributed by atoms with Crippen molar-refractivity contribution in [2.24, 2.45) is 0 Å². The number of thioether (sulfide) groups is 1. The second kappa shape index (κ2) is 12.6. The van der Waals surface area contributed by atoms with Gasteiger partial charge in [0.15, 0.2) is 5.16 Å². The molecule has 0 saturated heterocycles. The molecule has 0 aliphatic heterocycles. The zero-order chi connectivity index (χ0) is 27.2. The molecule has 0 fully saturated rings. The average molecular weight is 562 g/mol. The predicted molar refractivity (Wildman–Crippen MR) is 157 cm³/mol. The van der Waals surface area contributed by atoms with Crippen molar-refractivity contribution in [2.75, 3.05) is 17.7 Å². The third-order valence-corrected chi connectivity index (χ3v) is 8.87. The summed E-state index contributed by atoms with van der Waals surface area (Å²) in [7, 11) is 0. The SMILES string of the molecule is CCOC(=O)c1c(NC(=O)CCSc2nc3ccccc3c(=O)n2-c2ccccc2)sc2c1CCCCCC2. The molecule has 2 aromatic heterocycles. The number of carbonyl (C=O) groups is 2. The van der Waals surface area contributed by atoms with E-state index in [0.29, 0.717) is 32.4 Å². The third kappa shape index (κ3) is 6.09. The summed E-state index contributed by atoms with van der Waals surface area (Å²) in [5.74, 6) is -0.132. The third-order valence-electron chi connectivity index (χ3n) is 6.72. The Hall–Kier alpha value is -3.43. The van der Waals surface area contributed by atoms with Crippen LogP contribution in [0.3, 0.4) is 0 Å². The summed E-state index contributed by atoms with van der Waals surface area (Å²) in [4.78, 5) is 45.2. The van der Waals surface area contributed by atoms with Crippen LogP contribution < -0.4 is 10.9 Å². The number of ether oxygens (including phenoxy) is 1. The molecule has 0 spiro atoms. The molecule has 9 heteroatoms. The number of hydrogen-bond donors (Lipinski definition) is 1. The second-order valence-electron chi connectivity index (χ2n) is 9.38. The van der Waals surface area contributed by atoms with Crippen molar-refractivity contribution >= 4 is 50.9 Å². The van der Waals surface area contributed by atoms with Gasteiger partial charge in [0.2, 0.25) is 5.91 Å². The number of benzene rings is 2. The second-order valence-corrected chi connectivity index (χ2v) is 11.5. The van der Waals surface area contributed by atoms with E-state index in [4.69, 9.17) is 9.72 Å². The highest BCUT2D eigenvalue weighted by Gasteiger charge is 2.26. The van der Waals surface area contributed by atoms with Crippen LogP contribution in [0.1, 0.15) is 59.8 Å². The fourth-order valence-electron chi connectivity index (χ4n) is 4.86. The first-order valence-electron chi connectivity index (χ1n) is 13.4. The maximum Gasteiger partial charge on any atom is 0.341 e. The Bertz CT molecular complexity index is 1550. The quantitative estimate of drug-likeness (QED) is 0.152. The van der Waals surface area contributed by atoms with Crippen LogP contribution in [-0.2, 0) is 22.4 Å². The molecule has 1 aliphatic rings. The number of anilines is 1. The van der Waals surface area contributed by atoms with Crippen LogP contribution in [0.25, 0.3) is 16.6 Å². The van der Waals surface area contributed by atoms with E-state index in [1.165, 1.54) is 34.4 Å². The number of aromatic nitrogens is 2. The van der Waals surface area contributed by atoms with E-state index < -0.39 is 0 Å². The van der Waals surface area contributed by atoms with E-state index in [1.54, 1.807) is 17.6 Å². The highest BCUT2D eigenvalue weighted by Crippen LogP contribution is 2.37. The molecule has 2 heterocycles. The number of para-hydroxylation sites is 2. The van der Waals surface area contributed by atoms with Crippen molar-refractivity contribution in [1.29, 1.82) is 0 Å². The molecule has 2 aromatic carbocycles. The van der Waals surface area contributed by atoms with Gasteiger partial charge in [0.05, 0.1) is 28.8 Å². The van der Waals surface area contributed by atoms with Crippen LogP contribution in [-0.4, -0.2) is 33.8 Å². The van der Waals surface area contributed by atoms with Gasteiger partial charge in [-0.15, -0.1) is 11.3 Å². The zero-order valence-corrected chi connectivity index (χ0v) is 23.5. The molecule has 4 aromatic rings. The van der Waals surface area contributed by atoms with Gasteiger partial charge in [-0.2, -0.15) is 0 Å². The number of rotatable bonds is 8. The van der Waals surface area contributed by atoms with Crippen molar-refractivity contribution in [3.05, 3.63) is 81.0 Å². The van der Waals surface area contributed by atoms with Crippen molar-refractivity contribution in [2.45, 2.75) is 57.0 Å². The Morgan fingerprint density at radius 1 is 1.03 bits per heavy atom. The van der Waals surface area contributed by atoms with Gasteiger partial charge < -0.3 is 10.1 Å². The van der Waals surface area contributed by atoms with Crippen LogP contribution in [0, 0.1) is 0 Å². The molecule has 0 bridgehead atoms. The van der Waals surface area contributed by atoms with Gasteiger partial charge in [0, 0.05) is 17.1 Å². The Kier molecular flexibility index (Phi) is 8.78. The summed E-state index contributed by atoms with van der Waals surface area (Å²) in [6.45, 7) is 2.08. The lowest BCUT2D eigenvalue weighted by Crippen LogP contribution is -2.22. The monoisotopic (exact) mass is 561 g/mol. The summed E-state index contributed by atoms with van der Waals surface area (Å²) in [5.41, 5.74) is 2.76. The van der Waals surface area contributed by atoms with Crippen LogP contribution in [0.2, 0.25) is 0 Å². The number of thiophene rings is 1. The Balaban J connectivity index is 1.35. The number of nitrogens with zero attached hydrogens (tertiary/aromatic N) is 2. The predicted octanol–water partition coefficient (Wildman–Crippen LogP) is 6.40. The number of carbonyl (C=O) groups excluding carboxylic acids is 2. The number of fused-ring (bicyclic) bond motifs is 2. The van der Waals surface area contributed by atoms with Crippen molar-refractivity contribution in [3.63, 3.8) is 0 Å². The lowest BCUT2D eigenvalue weighted by Gasteiger charge is -2.13. The molecule has 0 saturated carbocycles. The molecular weight excluding hydrogens is 530 g/mol. The Morgan fingerprint density at radius 2 is 1.77 bits per heavy atom. The van der Waals surface area contributed by atoms with E-state index in [2.05, 4.69) is 5.32 Å². The summed E-state index contributed by atoms with van der Waals surface area (Å²) < 4.78 is 6.96. The molecular formula is C30H31N3O4S2. The first-order valence-corrected chi connectivity index (χ1v) is 15.2. The van der Waals surface area contributed by atoms with E-state index in [9.17, 15) is 14.4 Å². The minimum Gasteiger partial charge on any atom is -0.462 e. The topological polar surface area (TPSA) is 90.3 Å². The van der Waals surface area contributed by atoms with Gasteiger partial charge in [-0.3, -0.25) is 14.2 Å². The first-order chi connectivity index (χ1) is 19.1. The van der Waals surface area contributed by atoms with Crippen LogP contribution in [0.5, 0.6) is 0 Å². The maximum atomic E-state index is 13.4. The lowest BCUT2D eigenvalue weighted by molar-refractivity contribution is -0.115. The Labute approximate surface area is 235 Å². The Morgan fingerprint density at radius 3 is 2.56 bits per heavy atom. The van der Waals surface area contributed by atoms with E-state index in [-0.39, 0.29) is 30.5 Å². The summed E-state index contributed by atoms with van der Waals surface area (Å²) >= 11 is 2.87. The van der Waals surface area contributed by atoms with E-state index in [1.807, 2.05) is 48.5 Å². The lowest BCUT2D eigenvalue weighted by atomic mass is 9.96. The van der Waals surface area contributed by atoms with Gasteiger partial charge in [-0.1, -0.05) is 54.9 Å². The molecule has 7 nitrogen and oxygen atoms in total. The standard InChI is InChI=1S/C30H31N3O4S2/c1-2-37-29(36)26-22-15-8-3-4-9-17-24(22)39-27(26)32-25(34)18-19-38-30-31-23-16-11-10-14-21(23)28(35)33(30)20-12-6-5-7-13-20/h5-7,10-14,16H,2-4,8-9,15,17-19H2,1H3,(H,32,34). The van der Waals surface area contributed by atoms with Crippen molar-refractivity contribution < 1.29 is 14.3 Å². The smallest absolute Gasteiger partial charge is 0.341 e. The summed E-state index contributed by atoms with van der Waals surface area (Å²) in [6.07, 6.45) is 6.39. The number of nitrogens with one attached hydrogen (secondary N) is 1. The average Bonchev–Trinajstić information content (AvgIpc) is 3.25. The normalized spacial score (nSPS) is 13.4. The molecule has 1 aliphatic carbocycles. The summed E-state index contributed by atoms with van der Waals surface area (Å²) in [5, 5.41) is 4.66. The summed E-state index contributed by atoms with van der Waals surface area (Å²) in [6, 6.07) is 16.7. The number of hydrogen-bond acceptors (Lipinski definition) is 7. The highest BCUT2D eigenvalue weighted by atomic mass is 32.2. The van der Waals surface area contributed by atoms with Gasteiger partial charge in [-0.05, 0) is 62.4 Å². The van der Waals surface area contributed by atoms with E-state index in [0.717, 1.165) is 43.4 Å². The van der Waals surface area contributed by atoms with Crippen molar-refractivity contribution in [1.82, 2.24) is 9.55 Å². The van der Waals surface area contributed by atoms with E-state index >= 15 is 0 Å². The largest absolute Gasteiger partial charge is 0.462 e. The molecule has 0 radical (unpaired) electrons. The van der Waals surface area contributed by atoms with Gasteiger partial charge in [0.25, 0.3) is 5.56 Å². The van der Waals surface area contributed by atoms with Crippen molar-refractivity contribution in [3.8, 4) is 5.69 Å². The fourth-order valence-corrected chi connectivity index (χ4v) is 7.11. The van der Waals surface area contributed by atoms with Gasteiger partial charge in [0.1, 0.15) is 5.00 Å². The van der Waals surface area contributed by atoms with Crippen LogP contribution >= 0.6 is 23.1 Å². The maximum absolute atomic E-state index is 13.4. The van der Waals surface area contributed by atoms with Crippen LogP contribution in [0.15, 0.2) is 64.5 Å². The molecule has 0 atom stereocenters. The molecule has 0 unspecified atom stereocenters. The minimum absolute atomic E-state index is 0.145. The molecule has 202 valence electrons. The molecule has 5 rings (SSSR count).